The van der Waals surface area contributed by atoms with Crippen molar-refractivity contribution in [1.82, 2.24) is 9.88 Å². The first-order chi connectivity index (χ1) is 13.0. The molecular weight excluding hydrogens is 363 g/mol. The summed E-state index contributed by atoms with van der Waals surface area (Å²) < 4.78 is 19.7. The van der Waals surface area contributed by atoms with Crippen molar-refractivity contribution >= 4 is 23.3 Å². The van der Waals surface area contributed by atoms with Crippen molar-refractivity contribution in [2.45, 2.75) is 13.5 Å². The smallest absolute Gasteiger partial charge is 0.246 e. The van der Waals surface area contributed by atoms with E-state index < -0.39 is 5.82 Å². The number of pyridine rings is 1. The average Bonchev–Trinajstić information content (AvgIpc) is 3.07. The molecule has 27 heavy (non-hydrogen) atoms. The van der Waals surface area contributed by atoms with E-state index in [4.69, 9.17) is 4.74 Å². The summed E-state index contributed by atoms with van der Waals surface area (Å²) in [6.45, 7) is 2.58. The van der Waals surface area contributed by atoms with Crippen LogP contribution in [0.25, 0.3) is 6.08 Å². The number of ether oxygens (including phenoxy) is 1. The first kappa shape index (κ1) is 18.8. The molecule has 0 unspecified atom stereocenters. The average molecular weight is 382 g/mol. The Hall–Kier alpha value is -2.99. The van der Waals surface area contributed by atoms with Gasteiger partial charge in [0, 0.05) is 29.1 Å². The summed E-state index contributed by atoms with van der Waals surface area (Å²) in [4.78, 5) is 20.1. The molecule has 2 heterocycles. The van der Waals surface area contributed by atoms with Crippen LogP contribution in [0.4, 0.5) is 4.39 Å². The van der Waals surface area contributed by atoms with Gasteiger partial charge in [0.15, 0.2) is 11.6 Å². The number of amides is 1. The van der Waals surface area contributed by atoms with Crippen LogP contribution in [0, 0.1) is 12.7 Å². The highest BCUT2D eigenvalue weighted by Gasteiger charge is 2.08. The molecule has 138 valence electrons. The minimum absolute atomic E-state index is 0.108. The minimum atomic E-state index is -0.504. The van der Waals surface area contributed by atoms with Gasteiger partial charge in [-0.05, 0) is 55.0 Å². The molecule has 6 heteroatoms. The van der Waals surface area contributed by atoms with Crippen molar-refractivity contribution in [3.8, 4) is 11.5 Å². The molecular formula is C21H19FN2O2S. The summed E-state index contributed by atoms with van der Waals surface area (Å²) in [6.07, 6.45) is 6.16. The molecule has 0 saturated carbocycles. The number of benzene rings is 1. The van der Waals surface area contributed by atoms with Gasteiger partial charge in [0.25, 0.3) is 0 Å². The predicted molar refractivity (Wildman–Crippen MR) is 105 cm³/mol. The molecule has 0 spiro atoms. The number of thiophene rings is 1. The van der Waals surface area contributed by atoms with E-state index in [1.807, 2.05) is 19.1 Å². The third-order valence-electron chi connectivity index (χ3n) is 3.80. The molecule has 0 bridgehead atoms. The number of nitrogens with zero attached hydrogens (tertiary/aromatic N) is 2. The highest BCUT2D eigenvalue weighted by Crippen LogP contribution is 2.25. The van der Waals surface area contributed by atoms with Gasteiger partial charge >= 0.3 is 0 Å². The van der Waals surface area contributed by atoms with Crippen molar-refractivity contribution in [1.29, 1.82) is 0 Å². The van der Waals surface area contributed by atoms with E-state index in [2.05, 4.69) is 4.98 Å². The fourth-order valence-corrected chi connectivity index (χ4v) is 3.36. The second-order valence-corrected chi connectivity index (χ2v) is 7.39. The molecule has 0 aliphatic heterocycles. The van der Waals surface area contributed by atoms with Crippen molar-refractivity contribution < 1.29 is 13.9 Å². The van der Waals surface area contributed by atoms with E-state index in [1.165, 1.54) is 29.3 Å². The Morgan fingerprint density at radius 1 is 1.30 bits per heavy atom. The zero-order chi connectivity index (χ0) is 19.2. The van der Waals surface area contributed by atoms with Gasteiger partial charge in [-0.3, -0.25) is 9.78 Å². The minimum Gasteiger partial charge on any atom is -0.453 e. The van der Waals surface area contributed by atoms with Crippen LogP contribution in [-0.2, 0) is 11.3 Å². The summed E-state index contributed by atoms with van der Waals surface area (Å²) in [5, 5.41) is 0. The summed E-state index contributed by atoms with van der Waals surface area (Å²) in [5.41, 5.74) is 0.583. The first-order valence-electron chi connectivity index (χ1n) is 8.37. The lowest BCUT2D eigenvalue weighted by atomic mass is 10.2. The number of halogens is 1. The number of likely N-dealkylation sites (N-methyl/N-ethyl adjacent to an activating group) is 1. The van der Waals surface area contributed by atoms with Crippen molar-refractivity contribution in [2.24, 2.45) is 0 Å². The number of carbonyl (C=O) groups excluding carboxylic acids is 1. The van der Waals surface area contributed by atoms with Crippen LogP contribution >= 0.6 is 11.3 Å². The van der Waals surface area contributed by atoms with E-state index in [1.54, 1.807) is 53.8 Å². The van der Waals surface area contributed by atoms with Gasteiger partial charge in [-0.25, -0.2) is 4.39 Å². The first-order valence-corrected chi connectivity index (χ1v) is 9.19. The monoisotopic (exact) mass is 382 g/mol. The SMILES string of the molecule is Cc1ccc(CN(C)C(=O)/C=C/c2ccc(Oc3cccnc3)c(F)c2)s1. The molecule has 1 amide bonds. The maximum Gasteiger partial charge on any atom is 0.246 e. The quantitative estimate of drug-likeness (QED) is 0.560. The van der Waals surface area contributed by atoms with Gasteiger partial charge in [-0.2, -0.15) is 0 Å². The lowest BCUT2D eigenvalue weighted by Crippen LogP contribution is -2.23. The summed E-state index contributed by atoms with van der Waals surface area (Å²) in [7, 11) is 1.74. The molecule has 3 rings (SSSR count). The summed E-state index contributed by atoms with van der Waals surface area (Å²) >= 11 is 1.67. The molecule has 3 aromatic rings. The fourth-order valence-electron chi connectivity index (χ4n) is 2.41. The zero-order valence-corrected chi connectivity index (χ0v) is 15.9. The highest BCUT2D eigenvalue weighted by atomic mass is 32.1. The number of aryl methyl sites for hydroxylation is 1. The Morgan fingerprint density at radius 3 is 2.81 bits per heavy atom. The number of hydrogen-bond acceptors (Lipinski definition) is 4. The van der Waals surface area contributed by atoms with E-state index in [0.29, 0.717) is 17.9 Å². The highest BCUT2D eigenvalue weighted by molar-refractivity contribution is 7.11. The van der Waals surface area contributed by atoms with Gasteiger partial charge in [0.05, 0.1) is 12.7 Å². The Kier molecular flexibility index (Phi) is 5.98. The lowest BCUT2D eigenvalue weighted by Gasteiger charge is -2.13. The Morgan fingerprint density at radius 2 is 2.15 bits per heavy atom. The second kappa shape index (κ2) is 8.60. The van der Waals surface area contributed by atoms with Gasteiger partial charge in [0.2, 0.25) is 5.91 Å². The molecule has 0 fully saturated rings. The third kappa shape index (κ3) is 5.24. The number of rotatable bonds is 6. The molecule has 0 saturated heterocycles. The Balaban J connectivity index is 1.62. The number of aromatic nitrogens is 1. The van der Waals surface area contributed by atoms with Crippen LogP contribution in [0.2, 0.25) is 0 Å². The Labute approximate surface area is 161 Å². The van der Waals surface area contributed by atoms with Gasteiger partial charge in [-0.1, -0.05) is 6.07 Å². The number of hydrogen-bond donors (Lipinski definition) is 0. The maximum atomic E-state index is 14.2. The predicted octanol–water partition coefficient (Wildman–Crippen LogP) is 5.05. The van der Waals surface area contributed by atoms with E-state index >= 15 is 0 Å². The van der Waals surface area contributed by atoms with Crippen LogP contribution in [0.5, 0.6) is 11.5 Å². The summed E-state index contributed by atoms with van der Waals surface area (Å²) in [6, 6.07) is 12.0. The Bertz CT molecular complexity index is 954. The van der Waals surface area contributed by atoms with Crippen molar-refractivity contribution in [2.75, 3.05) is 7.05 Å². The topological polar surface area (TPSA) is 42.4 Å². The normalized spacial score (nSPS) is 10.9. The van der Waals surface area contributed by atoms with Gasteiger partial charge in [-0.15, -0.1) is 11.3 Å². The molecule has 0 atom stereocenters. The molecule has 4 nitrogen and oxygen atoms in total. The van der Waals surface area contributed by atoms with Gasteiger partial charge in [0.1, 0.15) is 5.75 Å². The standard InChI is InChI=1S/C21H19FN2O2S/c1-15-5-8-18(27-15)14-24(2)21(25)10-7-16-6-9-20(19(22)12-16)26-17-4-3-11-23-13-17/h3-13H,14H2,1-2H3/b10-7+. The molecule has 0 aliphatic carbocycles. The fraction of sp³-hybridized carbons (Fsp3) is 0.143. The lowest BCUT2D eigenvalue weighted by molar-refractivity contribution is -0.125. The molecule has 0 radical (unpaired) electrons. The van der Waals surface area contributed by atoms with Crippen molar-refractivity contribution in [3.63, 3.8) is 0 Å². The van der Waals surface area contributed by atoms with E-state index in [9.17, 15) is 9.18 Å². The number of carbonyl (C=O) groups is 1. The zero-order valence-electron chi connectivity index (χ0n) is 15.1. The van der Waals surface area contributed by atoms with Crippen LogP contribution in [0.15, 0.2) is 60.9 Å². The second-order valence-electron chi connectivity index (χ2n) is 6.02. The van der Waals surface area contributed by atoms with Crippen LogP contribution < -0.4 is 4.74 Å². The molecule has 0 N–H and O–H groups in total. The van der Waals surface area contributed by atoms with Gasteiger partial charge < -0.3 is 9.64 Å². The summed E-state index contributed by atoms with van der Waals surface area (Å²) in [5.74, 6) is -0.0787. The third-order valence-corrected chi connectivity index (χ3v) is 4.79. The van der Waals surface area contributed by atoms with Crippen LogP contribution in [0.3, 0.4) is 0 Å². The van der Waals surface area contributed by atoms with E-state index in [0.717, 1.165) is 4.88 Å². The van der Waals surface area contributed by atoms with Crippen molar-refractivity contribution in [3.05, 3.63) is 82.1 Å². The van der Waals surface area contributed by atoms with Crippen LogP contribution in [-0.4, -0.2) is 22.8 Å². The molecule has 1 aromatic carbocycles. The van der Waals surface area contributed by atoms with E-state index in [-0.39, 0.29) is 11.7 Å². The largest absolute Gasteiger partial charge is 0.453 e. The molecule has 2 aromatic heterocycles. The molecule has 0 aliphatic rings. The van der Waals surface area contributed by atoms with Crippen LogP contribution in [0.1, 0.15) is 15.3 Å². The maximum absolute atomic E-state index is 14.2.